The van der Waals surface area contributed by atoms with Crippen LogP contribution < -0.4 is 15.0 Å². The van der Waals surface area contributed by atoms with Crippen molar-refractivity contribution in [2.75, 3.05) is 25.0 Å². The largest absolute Gasteiger partial charge is 0.573 e. The summed E-state index contributed by atoms with van der Waals surface area (Å²) in [6, 6.07) is 12.0. The molecule has 0 spiro atoms. The van der Waals surface area contributed by atoms with Gasteiger partial charge < -0.3 is 15.0 Å². The van der Waals surface area contributed by atoms with Gasteiger partial charge in [0.25, 0.3) is 5.91 Å². The van der Waals surface area contributed by atoms with E-state index in [9.17, 15) is 22.8 Å². The van der Waals surface area contributed by atoms with Crippen LogP contribution in [0.3, 0.4) is 0 Å². The molecule has 2 aromatic rings. The van der Waals surface area contributed by atoms with Gasteiger partial charge in [0.1, 0.15) is 5.75 Å². The predicted octanol–water partition coefficient (Wildman–Crippen LogP) is 3.39. The van der Waals surface area contributed by atoms with Gasteiger partial charge >= 0.3 is 12.4 Å². The van der Waals surface area contributed by atoms with Crippen molar-refractivity contribution in [3.05, 3.63) is 59.7 Å². The summed E-state index contributed by atoms with van der Waals surface area (Å²) >= 11 is 0. The molecule has 0 radical (unpaired) electrons. The van der Waals surface area contributed by atoms with Crippen LogP contribution in [-0.2, 0) is 6.54 Å². The molecule has 0 saturated carbocycles. The quantitative estimate of drug-likeness (QED) is 0.847. The lowest BCUT2D eigenvalue weighted by Gasteiger charge is -2.20. The second-order valence-electron chi connectivity index (χ2n) is 6.25. The van der Waals surface area contributed by atoms with Crippen LogP contribution in [0.5, 0.6) is 5.75 Å². The minimum absolute atomic E-state index is 0.0542. The number of urea groups is 1. The van der Waals surface area contributed by atoms with Crippen molar-refractivity contribution in [2.45, 2.75) is 12.9 Å². The average Bonchev–Trinajstić information content (AvgIpc) is 3.07. The maximum absolute atomic E-state index is 12.6. The van der Waals surface area contributed by atoms with E-state index in [1.807, 2.05) is 0 Å². The Morgan fingerprint density at radius 2 is 1.86 bits per heavy atom. The predicted molar refractivity (Wildman–Crippen MR) is 96.1 cm³/mol. The highest BCUT2D eigenvalue weighted by atomic mass is 19.4. The minimum Gasteiger partial charge on any atom is -0.405 e. The first kappa shape index (κ1) is 19.5. The molecule has 0 atom stereocenters. The molecular formula is C19H18F3N3O3. The number of hydrogen-bond acceptors (Lipinski definition) is 3. The average molecular weight is 393 g/mol. The fourth-order valence-electron chi connectivity index (χ4n) is 2.91. The lowest BCUT2D eigenvalue weighted by atomic mass is 10.1. The topological polar surface area (TPSA) is 61.9 Å². The normalized spacial score (nSPS) is 14.0. The molecule has 3 amide bonds. The number of halogens is 3. The van der Waals surface area contributed by atoms with Crippen LogP contribution in [0.25, 0.3) is 0 Å². The van der Waals surface area contributed by atoms with E-state index < -0.39 is 6.36 Å². The van der Waals surface area contributed by atoms with Crippen LogP contribution in [0.1, 0.15) is 15.9 Å². The lowest BCUT2D eigenvalue weighted by Crippen LogP contribution is -2.28. The first-order valence-electron chi connectivity index (χ1n) is 8.49. The van der Waals surface area contributed by atoms with E-state index in [1.54, 1.807) is 35.2 Å². The molecule has 6 nitrogen and oxygen atoms in total. The summed E-state index contributed by atoms with van der Waals surface area (Å²) in [6.07, 6.45) is -4.81. The molecule has 0 aliphatic carbocycles. The number of nitrogens with zero attached hydrogens (tertiary/aromatic N) is 2. The van der Waals surface area contributed by atoms with Crippen LogP contribution in [0.2, 0.25) is 0 Å². The third kappa shape index (κ3) is 4.54. The van der Waals surface area contributed by atoms with Gasteiger partial charge in [0, 0.05) is 43.5 Å². The summed E-state index contributed by atoms with van der Waals surface area (Å²) in [6.45, 7) is 1.05. The van der Waals surface area contributed by atoms with Crippen LogP contribution in [0, 0.1) is 0 Å². The fourth-order valence-corrected chi connectivity index (χ4v) is 2.91. The summed E-state index contributed by atoms with van der Waals surface area (Å²) in [4.78, 5) is 27.2. The van der Waals surface area contributed by atoms with E-state index >= 15 is 0 Å². The number of carbonyl (C=O) groups excluding carboxylic acids is 2. The molecule has 0 unspecified atom stereocenters. The summed E-state index contributed by atoms with van der Waals surface area (Å²) in [5.74, 6) is -0.704. The second-order valence-corrected chi connectivity index (χ2v) is 6.25. The molecule has 9 heteroatoms. The standard InChI is InChI=1S/C19H18F3N3O3/c1-24(12-14-4-2-3-5-16(14)28-19(20,21)22)17(26)13-6-8-15(9-7-13)25-11-10-23-18(25)27/h2-9H,10-12H2,1H3,(H,23,27). The molecule has 1 fully saturated rings. The van der Waals surface area contributed by atoms with Crippen LogP contribution >= 0.6 is 0 Å². The number of amides is 3. The van der Waals surface area contributed by atoms with Crippen molar-refractivity contribution in [1.29, 1.82) is 0 Å². The first-order chi connectivity index (χ1) is 13.2. The molecule has 1 saturated heterocycles. The fraction of sp³-hybridized carbons (Fsp3) is 0.263. The van der Waals surface area contributed by atoms with Crippen molar-refractivity contribution in [1.82, 2.24) is 10.2 Å². The number of nitrogens with one attached hydrogen (secondary N) is 1. The van der Waals surface area contributed by atoms with Crippen LogP contribution in [0.15, 0.2) is 48.5 Å². The molecular weight excluding hydrogens is 375 g/mol. The SMILES string of the molecule is CN(Cc1ccccc1OC(F)(F)F)C(=O)c1ccc(N2CCNC2=O)cc1. The third-order valence-electron chi connectivity index (χ3n) is 4.24. The van der Waals surface area contributed by atoms with Gasteiger partial charge in [-0.25, -0.2) is 4.79 Å². The zero-order chi connectivity index (χ0) is 20.3. The van der Waals surface area contributed by atoms with Gasteiger partial charge in [0.05, 0.1) is 0 Å². The number of hydrogen-bond donors (Lipinski definition) is 1. The number of benzene rings is 2. The molecule has 28 heavy (non-hydrogen) atoms. The Bertz CT molecular complexity index is 869. The number of para-hydroxylation sites is 1. The Morgan fingerprint density at radius 1 is 1.18 bits per heavy atom. The van der Waals surface area contributed by atoms with Crippen molar-refractivity contribution >= 4 is 17.6 Å². The van der Waals surface area contributed by atoms with Crippen LogP contribution in [0.4, 0.5) is 23.7 Å². The Morgan fingerprint density at radius 3 is 2.46 bits per heavy atom. The highest BCUT2D eigenvalue weighted by molar-refractivity contribution is 5.96. The summed E-state index contributed by atoms with van der Waals surface area (Å²) in [5.41, 5.74) is 1.26. The number of carbonyl (C=O) groups is 2. The number of alkyl halides is 3. The van der Waals surface area contributed by atoms with E-state index in [0.717, 1.165) is 0 Å². The monoisotopic (exact) mass is 393 g/mol. The van der Waals surface area contributed by atoms with E-state index in [1.165, 1.54) is 30.1 Å². The Labute approximate surface area is 159 Å². The van der Waals surface area contributed by atoms with Gasteiger partial charge in [-0.05, 0) is 30.3 Å². The third-order valence-corrected chi connectivity index (χ3v) is 4.24. The van der Waals surface area contributed by atoms with Crippen molar-refractivity contribution in [2.24, 2.45) is 0 Å². The Hall–Kier alpha value is -3.23. The van der Waals surface area contributed by atoms with E-state index in [0.29, 0.717) is 24.3 Å². The van der Waals surface area contributed by atoms with Crippen molar-refractivity contribution in [3.63, 3.8) is 0 Å². The van der Waals surface area contributed by atoms with Gasteiger partial charge in [-0.1, -0.05) is 18.2 Å². The zero-order valence-electron chi connectivity index (χ0n) is 15.0. The maximum Gasteiger partial charge on any atom is 0.573 e. The van der Waals surface area contributed by atoms with Crippen molar-refractivity contribution in [3.8, 4) is 5.75 Å². The summed E-state index contributed by atoms with van der Waals surface area (Å²) < 4.78 is 41.6. The number of ether oxygens (including phenoxy) is 1. The van der Waals surface area contributed by atoms with E-state index in [4.69, 9.17) is 0 Å². The maximum atomic E-state index is 12.6. The van der Waals surface area contributed by atoms with Crippen molar-refractivity contribution < 1.29 is 27.5 Å². The minimum atomic E-state index is -4.81. The highest BCUT2D eigenvalue weighted by Gasteiger charge is 2.32. The first-order valence-corrected chi connectivity index (χ1v) is 8.49. The molecule has 0 bridgehead atoms. The summed E-state index contributed by atoms with van der Waals surface area (Å²) in [7, 11) is 1.49. The number of anilines is 1. The Balaban J connectivity index is 1.71. The Kier molecular flexibility index (Phi) is 5.43. The van der Waals surface area contributed by atoms with E-state index in [-0.39, 0.29) is 29.8 Å². The second kappa shape index (κ2) is 7.79. The van der Waals surface area contributed by atoms with Gasteiger partial charge in [-0.2, -0.15) is 0 Å². The molecule has 3 rings (SSSR count). The zero-order valence-corrected chi connectivity index (χ0v) is 15.0. The van der Waals surface area contributed by atoms with Gasteiger partial charge in [-0.3, -0.25) is 9.69 Å². The smallest absolute Gasteiger partial charge is 0.405 e. The van der Waals surface area contributed by atoms with Gasteiger partial charge in [0.2, 0.25) is 0 Å². The van der Waals surface area contributed by atoms with Crippen LogP contribution in [-0.4, -0.2) is 43.3 Å². The number of rotatable bonds is 5. The van der Waals surface area contributed by atoms with Gasteiger partial charge in [0.15, 0.2) is 0 Å². The molecule has 1 aliphatic rings. The molecule has 1 heterocycles. The lowest BCUT2D eigenvalue weighted by molar-refractivity contribution is -0.275. The molecule has 2 aromatic carbocycles. The molecule has 0 aromatic heterocycles. The highest BCUT2D eigenvalue weighted by Crippen LogP contribution is 2.27. The van der Waals surface area contributed by atoms with Gasteiger partial charge in [-0.15, -0.1) is 13.2 Å². The molecule has 1 aliphatic heterocycles. The molecule has 1 N–H and O–H groups in total. The summed E-state index contributed by atoms with van der Waals surface area (Å²) in [5, 5.41) is 2.69. The van der Waals surface area contributed by atoms with E-state index in [2.05, 4.69) is 10.1 Å². The molecule has 148 valence electrons.